The third kappa shape index (κ3) is 1.83. The second kappa shape index (κ2) is 4.05. The molecule has 2 rings (SSSR count). The molecule has 1 heterocycles. The Morgan fingerprint density at radius 1 is 1.19 bits per heavy atom. The number of phenols is 1. The standard InChI is InChI=1S/C14H16O2/c1-9-7-12(8-13-5-4-6-16-13)14(15)11(3)10(9)2/h4-7,15H,8H2,1-3H3. The van der Waals surface area contributed by atoms with E-state index in [1.54, 1.807) is 6.26 Å². The van der Waals surface area contributed by atoms with E-state index in [1.807, 2.05) is 32.0 Å². The summed E-state index contributed by atoms with van der Waals surface area (Å²) >= 11 is 0. The van der Waals surface area contributed by atoms with Crippen molar-refractivity contribution in [2.45, 2.75) is 27.2 Å². The van der Waals surface area contributed by atoms with Crippen molar-refractivity contribution in [1.82, 2.24) is 0 Å². The Morgan fingerprint density at radius 2 is 1.94 bits per heavy atom. The lowest BCUT2D eigenvalue weighted by atomic mass is 9.97. The smallest absolute Gasteiger partial charge is 0.122 e. The van der Waals surface area contributed by atoms with E-state index in [1.165, 1.54) is 5.56 Å². The summed E-state index contributed by atoms with van der Waals surface area (Å²) in [5.41, 5.74) is 4.25. The summed E-state index contributed by atoms with van der Waals surface area (Å²) in [6, 6.07) is 5.81. The minimum atomic E-state index is 0.388. The fourth-order valence-electron chi connectivity index (χ4n) is 1.89. The Kier molecular flexibility index (Phi) is 2.73. The van der Waals surface area contributed by atoms with Crippen molar-refractivity contribution in [1.29, 1.82) is 0 Å². The Hall–Kier alpha value is -1.70. The maximum absolute atomic E-state index is 10.1. The lowest BCUT2D eigenvalue weighted by Gasteiger charge is -2.11. The van der Waals surface area contributed by atoms with Crippen molar-refractivity contribution in [3.8, 4) is 5.75 Å². The van der Waals surface area contributed by atoms with Gasteiger partial charge in [-0.3, -0.25) is 0 Å². The summed E-state index contributed by atoms with van der Waals surface area (Å²) in [5, 5.41) is 10.1. The minimum Gasteiger partial charge on any atom is -0.507 e. The highest BCUT2D eigenvalue weighted by molar-refractivity contribution is 5.49. The molecule has 0 aliphatic carbocycles. The Morgan fingerprint density at radius 3 is 2.56 bits per heavy atom. The summed E-state index contributed by atoms with van der Waals surface area (Å²) in [6.07, 6.45) is 2.29. The molecular formula is C14H16O2. The topological polar surface area (TPSA) is 33.4 Å². The van der Waals surface area contributed by atoms with Gasteiger partial charge in [0.2, 0.25) is 0 Å². The van der Waals surface area contributed by atoms with Crippen LogP contribution in [-0.2, 0) is 6.42 Å². The summed E-state index contributed by atoms with van der Waals surface area (Å²) in [6.45, 7) is 6.04. The van der Waals surface area contributed by atoms with Gasteiger partial charge in [-0.2, -0.15) is 0 Å². The number of furan rings is 1. The molecule has 0 saturated heterocycles. The normalized spacial score (nSPS) is 10.7. The molecule has 1 aromatic heterocycles. The number of aromatic hydroxyl groups is 1. The van der Waals surface area contributed by atoms with Gasteiger partial charge >= 0.3 is 0 Å². The first-order chi connectivity index (χ1) is 7.59. The van der Waals surface area contributed by atoms with Crippen molar-refractivity contribution in [3.63, 3.8) is 0 Å². The van der Waals surface area contributed by atoms with Gasteiger partial charge < -0.3 is 9.52 Å². The van der Waals surface area contributed by atoms with E-state index in [0.717, 1.165) is 22.5 Å². The lowest BCUT2D eigenvalue weighted by molar-refractivity contribution is 0.459. The van der Waals surface area contributed by atoms with Gasteiger partial charge in [0.05, 0.1) is 6.26 Å². The maximum Gasteiger partial charge on any atom is 0.122 e. The van der Waals surface area contributed by atoms with Gasteiger partial charge in [0.1, 0.15) is 11.5 Å². The number of hydrogen-bond acceptors (Lipinski definition) is 2. The van der Waals surface area contributed by atoms with E-state index in [0.29, 0.717) is 12.2 Å². The van der Waals surface area contributed by atoms with Crippen molar-refractivity contribution < 1.29 is 9.52 Å². The minimum absolute atomic E-state index is 0.388. The fraction of sp³-hybridized carbons (Fsp3) is 0.286. The highest BCUT2D eigenvalue weighted by atomic mass is 16.3. The molecule has 2 aromatic rings. The average Bonchev–Trinajstić information content (AvgIpc) is 2.76. The van der Waals surface area contributed by atoms with Crippen LogP contribution in [0.15, 0.2) is 28.9 Å². The van der Waals surface area contributed by atoms with Crippen LogP contribution in [0.4, 0.5) is 0 Å². The molecule has 0 amide bonds. The van der Waals surface area contributed by atoms with E-state index >= 15 is 0 Å². The van der Waals surface area contributed by atoms with Crippen LogP contribution >= 0.6 is 0 Å². The second-order valence-electron chi connectivity index (χ2n) is 4.21. The summed E-state index contributed by atoms with van der Waals surface area (Å²) in [4.78, 5) is 0. The molecule has 1 aromatic carbocycles. The lowest BCUT2D eigenvalue weighted by Crippen LogP contribution is -1.94. The van der Waals surface area contributed by atoms with Crippen molar-refractivity contribution >= 4 is 0 Å². The third-order valence-electron chi connectivity index (χ3n) is 3.15. The summed E-state index contributed by atoms with van der Waals surface area (Å²) in [7, 11) is 0. The van der Waals surface area contributed by atoms with Gasteiger partial charge in [-0.25, -0.2) is 0 Å². The molecule has 2 heteroatoms. The number of rotatable bonds is 2. The maximum atomic E-state index is 10.1. The van der Waals surface area contributed by atoms with Gasteiger partial charge in [0.25, 0.3) is 0 Å². The Labute approximate surface area is 95.5 Å². The number of hydrogen-bond donors (Lipinski definition) is 1. The molecule has 0 spiro atoms. The molecule has 0 radical (unpaired) electrons. The van der Waals surface area contributed by atoms with E-state index in [9.17, 15) is 5.11 Å². The predicted molar refractivity (Wildman–Crippen MR) is 63.8 cm³/mol. The van der Waals surface area contributed by atoms with Crippen LogP contribution in [-0.4, -0.2) is 5.11 Å². The van der Waals surface area contributed by atoms with Gasteiger partial charge in [0.15, 0.2) is 0 Å². The molecule has 0 aliphatic heterocycles. The molecule has 0 fully saturated rings. The SMILES string of the molecule is Cc1cc(Cc2ccco2)c(O)c(C)c1C. The first-order valence-electron chi connectivity index (χ1n) is 5.40. The largest absolute Gasteiger partial charge is 0.507 e. The first-order valence-corrected chi connectivity index (χ1v) is 5.40. The molecule has 0 atom stereocenters. The van der Waals surface area contributed by atoms with Crippen molar-refractivity contribution in [2.75, 3.05) is 0 Å². The highest BCUT2D eigenvalue weighted by Crippen LogP contribution is 2.29. The van der Waals surface area contributed by atoms with Crippen molar-refractivity contribution in [3.05, 3.63) is 52.5 Å². The second-order valence-corrected chi connectivity index (χ2v) is 4.21. The molecular weight excluding hydrogens is 200 g/mol. The quantitative estimate of drug-likeness (QED) is 0.833. The first kappa shape index (κ1) is 10.8. The van der Waals surface area contributed by atoms with Crippen LogP contribution in [0.2, 0.25) is 0 Å². The van der Waals surface area contributed by atoms with Crippen LogP contribution in [0.3, 0.4) is 0 Å². The molecule has 0 saturated carbocycles. The van der Waals surface area contributed by atoms with Gasteiger partial charge in [-0.15, -0.1) is 0 Å². The third-order valence-corrected chi connectivity index (χ3v) is 3.15. The zero-order valence-corrected chi connectivity index (χ0v) is 9.87. The number of phenolic OH excluding ortho intramolecular Hbond substituents is 1. The molecule has 1 N–H and O–H groups in total. The Bertz CT molecular complexity index is 496. The zero-order valence-electron chi connectivity index (χ0n) is 9.87. The molecule has 2 nitrogen and oxygen atoms in total. The average molecular weight is 216 g/mol. The fourth-order valence-corrected chi connectivity index (χ4v) is 1.89. The van der Waals surface area contributed by atoms with Crippen LogP contribution in [0.5, 0.6) is 5.75 Å². The van der Waals surface area contributed by atoms with Gasteiger partial charge in [-0.05, 0) is 49.6 Å². The van der Waals surface area contributed by atoms with E-state index in [2.05, 4.69) is 6.92 Å². The van der Waals surface area contributed by atoms with Crippen LogP contribution in [0.1, 0.15) is 28.0 Å². The zero-order chi connectivity index (χ0) is 11.7. The van der Waals surface area contributed by atoms with Crippen molar-refractivity contribution in [2.24, 2.45) is 0 Å². The molecule has 0 unspecified atom stereocenters. The Balaban J connectivity index is 2.42. The number of benzene rings is 1. The molecule has 0 bridgehead atoms. The predicted octanol–water partition coefficient (Wildman–Crippen LogP) is 3.50. The molecule has 16 heavy (non-hydrogen) atoms. The van der Waals surface area contributed by atoms with E-state index in [4.69, 9.17) is 4.42 Å². The van der Waals surface area contributed by atoms with Gasteiger partial charge in [-0.1, -0.05) is 6.07 Å². The van der Waals surface area contributed by atoms with Gasteiger partial charge in [0, 0.05) is 12.0 Å². The monoisotopic (exact) mass is 216 g/mol. The summed E-state index contributed by atoms with van der Waals surface area (Å²) in [5.74, 6) is 1.26. The van der Waals surface area contributed by atoms with E-state index < -0.39 is 0 Å². The van der Waals surface area contributed by atoms with Crippen LogP contribution in [0, 0.1) is 20.8 Å². The van der Waals surface area contributed by atoms with Crippen LogP contribution in [0.25, 0.3) is 0 Å². The van der Waals surface area contributed by atoms with Crippen LogP contribution < -0.4 is 0 Å². The number of aryl methyl sites for hydroxylation is 1. The molecule has 84 valence electrons. The highest BCUT2D eigenvalue weighted by Gasteiger charge is 2.10. The molecule has 0 aliphatic rings. The van der Waals surface area contributed by atoms with E-state index in [-0.39, 0.29) is 0 Å². The summed E-state index contributed by atoms with van der Waals surface area (Å²) < 4.78 is 5.29.